The maximum atomic E-state index is 5.42. The minimum absolute atomic E-state index is 0.557. The Morgan fingerprint density at radius 3 is 2.47 bits per heavy atom. The van der Waals surface area contributed by atoms with Crippen molar-refractivity contribution in [3.63, 3.8) is 0 Å². The molecule has 1 aliphatic heterocycles. The molecule has 0 aromatic heterocycles. The number of nitrogens with one attached hydrogen (secondary N) is 1. The van der Waals surface area contributed by atoms with Crippen LogP contribution >= 0.6 is 0 Å². The van der Waals surface area contributed by atoms with Gasteiger partial charge in [-0.3, -0.25) is 4.90 Å². The second kappa shape index (κ2) is 7.34. The summed E-state index contributed by atoms with van der Waals surface area (Å²) >= 11 is 0. The van der Waals surface area contributed by atoms with Crippen molar-refractivity contribution in [1.29, 1.82) is 0 Å². The zero-order valence-electron chi connectivity index (χ0n) is 12.2. The predicted molar refractivity (Wildman–Crippen MR) is 73.4 cm³/mol. The molecule has 3 heteroatoms. The van der Waals surface area contributed by atoms with E-state index in [1.54, 1.807) is 0 Å². The van der Waals surface area contributed by atoms with Crippen molar-refractivity contribution in [2.24, 2.45) is 5.92 Å². The SMILES string of the molecule is CCC1CN(C(COC)C(C)C)C(CC)CN1. The highest BCUT2D eigenvalue weighted by atomic mass is 16.5. The van der Waals surface area contributed by atoms with Gasteiger partial charge in [0.2, 0.25) is 0 Å². The van der Waals surface area contributed by atoms with E-state index in [0.29, 0.717) is 24.0 Å². The Bertz CT molecular complexity index is 208. The molecular weight excluding hydrogens is 212 g/mol. The molecule has 0 spiro atoms. The van der Waals surface area contributed by atoms with Crippen molar-refractivity contribution in [3.05, 3.63) is 0 Å². The van der Waals surface area contributed by atoms with E-state index in [1.807, 2.05) is 7.11 Å². The summed E-state index contributed by atoms with van der Waals surface area (Å²) in [6.45, 7) is 12.3. The largest absolute Gasteiger partial charge is 0.383 e. The molecule has 1 rings (SSSR count). The minimum Gasteiger partial charge on any atom is -0.383 e. The molecule has 1 fully saturated rings. The third-order valence-corrected chi connectivity index (χ3v) is 4.04. The fraction of sp³-hybridized carbons (Fsp3) is 1.00. The normalized spacial score (nSPS) is 28.6. The van der Waals surface area contributed by atoms with Crippen molar-refractivity contribution in [2.45, 2.75) is 58.7 Å². The number of nitrogens with zero attached hydrogens (tertiary/aromatic N) is 1. The summed E-state index contributed by atoms with van der Waals surface area (Å²) in [4.78, 5) is 2.68. The molecule has 1 saturated heterocycles. The van der Waals surface area contributed by atoms with Crippen LogP contribution in [0.25, 0.3) is 0 Å². The Hall–Kier alpha value is -0.120. The fourth-order valence-electron chi connectivity index (χ4n) is 2.79. The van der Waals surface area contributed by atoms with Gasteiger partial charge in [0.05, 0.1) is 6.61 Å². The van der Waals surface area contributed by atoms with Crippen LogP contribution in [-0.4, -0.2) is 49.8 Å². The van der Waals surface area contributed by atoms with E-state index >= 15 is 0 Å². The standard InChI is InChI=1S/C14H30N2O/c1-6-12-9-16(13(7-2)8-15-12)14(10-17-5)11(3)4/h11-15H,6-10H2,1-5H3. The smallest absolute Gasteiger partial charge is 0.0620 e. The van der Waals surface area contributed by atoms with Crippen molar-refractivity contribution in [2.75, 3.05) is 26.8 Å². The third-order valence-electron chi connectivity index (χ3n) is 4.04. The van der Waals surface area contributed by atoms with Gasteiger partial charge in [-0.15, -0.1) is 0 Å². The molecule has 0 aliphatic carbocycles. The molecule has 3 nitrogen and oxygen atoms in total. The number of hydrogen-bond acceptors (Lipinski definition) is 3. The van der Waals surface area contributed by atoms with Crippen LogP contribution in [0.5, 0.6) is 0 Å². The zero-order chi connectivity index (χ0) is 12.8. The Kier molecular flexibility index (Phi) is 6.45. The average Bonchev–Trinajstić information content (AvgIpc) is 2.34. The number of hydrogen-bond donors (Lipinski definition) is 1. The average molecular weight is 242 g/mol. The topological polar surface area (TPSA) is 24.5 Å². The maximum absolute atomic E-state index is 5.42. The van der Waals surface area contributed by atoms with E-state index in [0.717, 1.165) is 13.2 Å². The highest BCUT2D eigenvalue weighted by molar-refractivity contribution is 4.89. The lowest BCUT2D eigenvalue weighted by Crippen LogP contribution is -2.61. The number of methoxy groups -OCH3 is 1. The summed E-state index contributed by atoms with van der Waals surface area (Å²) in [5.41, 5.74) is 0. The lowest BCUT2D eigenvalue weighted by Gasteiger charge is -2.45. The Balaban J connectivity index is 2.71. The summed E-state index contributed by atoms with van der Waals surface area (Å²) in [5, 5.41) is 3.65. The third kappa shape index (κ3) is 3.94. The maximum Gasteiger partial charge on any atom is 0.0620 e. The van der Waals surface area contributed by atoms with Crippen LogP contribution < -0.4 is 5.32 Å². The molecule has 3 unspecified atom stereocenters. The molecule has 102 valence electrons. The van der Waals surface area contributed by atoms with E-state index < -0.39 is 0 Å². The van der Waals surface area contributed by atoms with E-state index in [1.165, 1.54) is 19.4 Å². The lowest BCUT2D eigenvalue weighted by atomic mass is 9.96. The van der Waals surface area contributed by atoms with Gasteiger partial charge in [-0.1, -0.05) is 27.7 Å². The van der Waals surface area contributed by atoms with Gasteiger partial charge in [-0.05, 0) is 18.8 Å². The Morgan fingerprint density at radius 1 is 1.29 bits per heavy atom. The van der Waals surface area contributed by atoms with E-state index in [4.69, 9.17) is 4.74 Å². The van der Waals surface area contributed by atoms with Crippen molar-refractivity contribution in [1.82, 2.24) is 10.2 Å². The zero-order valence-corrected chi connectivity index (χ0v) is 12.2. The van der Waals surface area contributed by atoms with Crippen LogP contribution in [0, 0.1) is 5.92 Å². The van der Waals surface area contributed by atoms with Gasteiger partial charge in [-0.25, -0.2) is 0 Å². The second-order valence-corrected chi connectivity index (χ2v) is 5.54. The first kappa shape index (κ1) is 14.9. The molecule has 0 amide bonds. The second-order valence-electron chi connectivity index (χ2n) is 5.54. The predicted octanol–water partition coefficient (Wildman–Crippen LogP) is 2.12. The molecule has 0 saturated carbocycles. The highest BCUT2D eigenvalue weighted by Gasteiger charge is 2.32. The summed E-state index contributed by atoms with van der Waals surface area (Å²) in [6, 6.07) is 1.87. The van der Waals surface area contributed by atoms with Gasteiger partial charge < -0.3 is 10.1 Å². The molecule has 1 aliphatic rings. The summed E-state index contributed by atoms with van der Waals surface area (Å²) in [5.74, 6) is 0.652. The van der Waals surface area contributed by atoms with Crippen LogP contribution in [0.4, 0.5) is 0 Å². The van der Waals surface area contributed by atoms with Crippen LogP contribution in [0.3, 0.4) is 0 Å². The van der Waals surface area contributed by atoms with E-state index in [2.05, 4.69) is 37.9 Å². The molecule has 17 heavy (non-hydrogen) atoms. The molecule has 3 atom stereocenters. The molecule has 1 heterocycles. The monoisotopic (exact) mass is 242 g/mol. The molecule has 0 aromatic carbocycles. The van der Waals surface area contributed by atoms with Crippen LogP contribution in [0.15, 0.2) is 0 Å². The van der Waals surface area contributed by atoms with Crippen molar-refractivity contribution >= 4 is 0 Å². The van der Waals surface area contributed by atoms with Crippen molar-refractivity contribution in [3.8, 4) is 0 Å². The number of ether oxygens (including phenoxy) is 1. The summed E-state index contributed by atoms with van der Waals surface area (Å²) < 4.78 is 5.42. The quantitative estimate of drug-likeness (QED) is 0.772. The lowest BCUT2D eigenvalue weighted by molar-refractivity contribution is 0.0105. The molecule has 0 radical (unpaired) electrons. The van der Waals surface area contributed by atoms with E-state index in [9.17, 15) is 0 Å². The Labute approximate surface area is 107 Å². The molecule has 0 bridgehead atoms. The van der Waals surface area contributed by atoms with Crippen LogP contribution in [0.2, 0.25) is 0 Å². The summed E-state index contributed by atoms with van der Waals surface area (Å²) in [6.07, 6.45) is 2.43. The molecular formula is C14H30N2O. The Morgan fingerprint density at radius 2 is 2.00 bits per heavy atom. The first-order valence-electron chi connectivity index (χ1n) is 7.12. The van der Waals surface area contributed by atoms with Crippen molar-refractivity contribution < 1.29 is 4.74 Å². The van der Waals surface area contributed by atoms with Crippen LogP contribution in [-0.2, 0) is 4.74 Å². The van der Waals surface area contributed by atoms with Gasteiger partial charge in [0.1, 0.15) is 0 Å². The van der Waals surface area contributed by atoms with E-state index in [-0.39, 0.29) is 0 Å². The van der Waals surface area contributed by atoms with Gasteiger partial charge in [0.15, 0.2) is 0 Å². The van der Waals surface area contributed by atoms with Gasteiger partial charge >= 0.3 is 0 Å². The minimum atomic E-state index is 0.557. The van der Waals surface area contributed by atoms with Gasteiger partial charge in [0.25, 0.3) is 0 Å². The first-order valence-corrected chi connectivity index (χ1v) is 7.12. The number of piperazine rings is 1. The molecule has 1 N–H and O–H groups in total. The number of rotatable bonds is 6. The van der Waals surface area contributed by atoms with Crippen LogP contribution in [0.1, 0.15) is 40.5 Å². The summed E-state index contributed by atoms with van der Waals surface area (Å²) in [7, 11) is 1.82. The first-order chi connectivity index (χ1) is 8.13. The van der Waals surface area contributed by atoms with Gasteiger partial charge in [-0.2, -0.15) is 0 Å². The molecule has 0 aromatic rings. The highest BCUT2D eigenvalue weighted by Crippen LogP contribution is 2.20. The fourth-order valence-corrected chi connectivity index (χ4v) is 2.79. The van der Waals surface area contributed by atoms with Gasteiger partial charge in [0, 0.05) is 38.3 Å².